The summed E-state index contributed by atoms with van der Waals surface area (Å²) in [5.41, 5.74) is 3.64. The molecule has 1 N–H and O–H groups in total. The van der Waals surface area contributed by atoms with E-state index in [9.17, 15) is 9.90 Å². The Labute approximate surface area is 167 Å². The maximum absolute atomic E-state index is 11.4. The van der Waals surface area contributed by atoms with E-state index in [1.165, 1.54) is 24.8 Å². The van der Waals surface area contributed by atoms with Gasteiger partial charge in [0.1, 0.15) is 5.75 Å². The fourth-order valence-corrected chi connectivity index (χ4v) is 6.25. The molecule has 0 unspecified atom stereocenters. The second kappa shape index (κ2) is 6.26. The molecule has 0 amide bonds. The van der Waals surface area contributed by atoms with Gasteiger partial charge in [-0.1, -0.05) is 22.0 Å². The number of ether oxygens (including phenoxy) is 1. The lowest BCUT2D eigenvalue weighted by Crippen LogP contribution is -2.36. The number of benzene rings is 2. The quantitative estimate of drug-likeness (QED) is 0.801. The summed E-state index contributed by atoms with van der Waals surface area (Å²) in [5, 5.41) is 15.1. The molecular weight excluding hydrogens is 406 g/mol. The normalized spacial score (nSPS) is 30.4. The van der Waals surface area contributed by atoms with Gasteiger partial charge in [-0.2, -0.15) is 0 Å². The van der Waals surface area contributed by atoms with Gasteiger partial charge in [0, 0.05) is 15.7 Å². The van der Waals surface area contributed by atoms with Crippen LogP contribution in [0.25, 0.3) is 0 Å². The molecule has 1 aliphatic heterocycles. The van der Waals surface area contributed by atoms with Gasteiger partial charge in [0.15, 0.2) is 0 Å². The summed E-state index contributed by atoms with van der Waals surface area (Å²) in [6.45, 7) is 0. The third-order valence-electron chi connectivity index (χ3n) is 6.85. The summed E-state index contributed by atoms with van der Waals surface area (Å²) in [4.78, 5) is 11.4. The summed E-state index contributed by atoms with van der Waals surface area (Å²) >= 11 is 3.61. The van der Waals surface area contributed by atoms with Gasteiger partial charge in [-0.3, -0.25) is 0 Å². The molecule has 2 saturated carbocycles. The molecule has 1 heterocycles. The lowest BCUT2D eigenvalue weighted by molar-refractivity contribution is -0.255. The second-order valence-corrected chi connectivity index (χ2v) is 8.95. The first-order valence-electron chi connectivity index (χ1n) is 9.52. The Bertz CT molecular complexity index is 928. The highest BCUT2D eigenvalue weighted by Gasteiger charge is 2.54. The van der Waals surface area contributed by atoms with E-state index in [1.54, 1.807) is 13.2 Å². The zero-order chi connectivity index (χ0) is 18.7. The summed E-state index contributed by atoms with van der Waals surface area (Å²) in [6, 6.07) is 11.7. The van der Waals surface area contributed by atoms with Crippen LogP contribution in [0.5, 0.6) is 5.75 Å². The van der Waals surface area contributed by atoms with Crippen LogP contribution in [-0.2, 0) is 0 Å². The SMILES string of the molecule is COc1ccc(Br)cc1[C@H]1Nc2ccc(C(=O)[O-])cc2[C@@H]2[C@@H]3CC[C@@H](C3)[C@@H]21. The van der Waals surface area contributed by atoms with Gasteiger partial charge in [0.05, 0.1) is 19.1 Å². The van der Waals surface area contributed by atoms with Crippen molar-refractivity contribution < 1.29 is 14.6 Å². The Balaban J connectivity index is 1.65. The van der Waals surface area contributed by atoms with Crippen molar-refractivity contribution in [3.8, 4) is 5.75 Å². The van der Waals surface area contributed by atoms with E-state index in [0.29, 0.717) is 23.7 Å². The Morgan fingerprint density at radius 2 is 1.96 bits per heavy atom. The molecule has 0 spiro atoms. The molecule has 4 nitrogen and oxygen atoms in total. The van der Waals surface area contributed by atoms with Crippen molar-refractivity contribution in [2.24, 2.45) is 17.8 Å². The van der Waals surface area contributed by atoms with Crippen molar-refractivity contribution in [2.75, 3.05) is 12.4 Å². The first-order chi connectivity index (χ1) is 13.1. The van der Waals surface area contributed by atoms with E-state index in [0.717, 1.165) is 21.5 Å². The fourth-order valence-electron chi connectivity index (χ4n) is 5.87. The van der Waals surface area contributed by atoms with Crippen molar-refractivity contribution in [1.29, 1.82) is 0 Å². The number of hydrogen-bond acceptors (Lipinski definition) is 4. The van der Waals surface area contributed by atoms with E-state index in [4.69, 9.17) is 4.74 Å². The third-order valence-corrected chi connectivity index (χ3v) is 7.34. The van der Waals surface area contributed by atoms with Crippen LogP contribution >= 0.6 is 15.9 Å². The van der Waals surface area contributed by atoms with Crippen molar-refractivity contribution in [3.63, 3.8) is 0 Å². The molecule has 5 atom stereocenters. The van der Waals surface area contributed by atoms with Gasteiger partial charge in [0.25, 0.3) is 0 Å². The van der Waals surface area contributed by atoms with Crippen LogP contribution in [0.3, 0.4) is 0 Å². The lowest BCUT2D eigenvalue weighted by atomic mass is 9.67. The van der Waals surface area contributed by atoms with Crippen LogP contribution in [0, 0.1) is 17.8 Å². The Morgan fingerprint density at radius 3 is 2.74 bits per heavy atom. The van der Waals surface area contributed by atoms with Gasteiger partial charge in [-0.05, 0) is 84.4 Å². The van der Waals surface area contributed by atoms with Gasteiger partial charge in [-0.15, -0.1) is 0 Å². The minimum absolute atomic E-state index is 0.166. The topological polar surface area (TPSA) is 61.4 Å². The van der Waals surface area contributed by atoms with Crippen LogP contribution in [0.4, 0.5) is 5.69 Å². The highest BCUT2D eigenvalue weighted by molar-refractivity contribution is 9.10. The molecule has 140 valence electrons. The number of carboxylic acid groups (broad SMARTS) is 1. The summed E-state index contributed by atoms with van der Waals surface area (Å²) in [7, 11) is 1.72. The van der Waals surface area contributed by atoms with Crippen LogP contribution in [0.1, 0.15) is 52.7 Å². The van der Waals surface area contributed by atoms with Crippen LogP contribution in [-0.4, -0.2) is 13.1 Å². The van der Waals surface area contributed by atoms with Crippen molar-refractivity contribution in [3.05, 3.63) is 57.6 Å². The average Bonchev–Trinajstić information content (AvgIpc) is 3.29. The van der Waals surface area contributed by atoms with E-state index in [1.807, 2.05) is 24.3 Å². The minimum atomic E-state index is -1.10. The molecule has 2 aromatic rings. The number of hydrogen-bond donors (Lipinski definition) is 1. The molecule has 2 bridgehead atoms. The molecule has 0 saturated heterocycles. The number of fused-ring (bicyclic) bond motifs is 7. The fraction of sp³-hybridized carbons (Fsp3) is 0.409. The monoisotopic (exact) mass is 426 g/mol. The number of methoxy groups -OCH3 is 1. The average molecular weight is 427 g/mol. The molecule has 2 aliphatic carbocycles. The predicted molar refractivity (Wildman–Crippen MR) is 105 cm³/mol. The molecule has 5 heteroatoms. The number of carbonyl (C=O) groups is 1. The van der Waals surface area contributed by atoms with Crippen LogP contribution < -0.4 is 15.2 Å². The molecule has 3 aliphatic rings. The first-order valence-corrected chi connectivity index (χ1v) is 10.3. The molecule has 2 fully saturated rings. The molecule has 5 rings (SSSR count). The van der Waals surface area contributed by atoms with Crippen LogP contribution in [0.15, 0.2) is 40.9 Å². The predicted octanol–water partition coefficient (Wildman–Crippen LogP) is 4.12. The number of anilines is 1. The highest BCUT2D eigenvalue weighted by Crippen LogP contribution is 2.64. The second-order valence-electron chi connectivity index (χ2n) is 8.03. The number of rotatable bonds is 3. The minimum Gasteiger partial charge on any atom is -0.545 e. The van der Waals surface area contributed by atoms with E-state index in [-0.39, 0.29) is 11.6 Å². The first kappa shape index (κ1) is 17.1. The van der Waals surface area contributed by atoms with Crippen molar-refractivity contribution in [2.45, 2.75) is 31.2 Å². The molecule has 2 aromatic carbocycles. The lowest BCUT2D eigenvalue weighted by Gasteiger charge is -2.44. The van der Waals surface area contributed by atoms with E-state index in [2.05, 4.69) is 27.3 Å². The largest absolute Gasteiger partial charge is 0.545 e. The van der Waals surface area contributed by atoms with Gasteiger partial charge < -0.3 is 20.0 Å². The Hall–Kier alpha value is -2.01. The smallest absolute Gasteiger partial charge is 0.124 e. The zero-order valence-corrected chi connectivity index (χ0v) is 16.7. The van der Waals surface area contributed by atoms with E-state index >= 15 is 0 Å². The standard InChI is InChI=1S/C22H22BrNO3/c1-27-18-7-5-14(23)10-16(18)21-20-12-3-2-11(8-12)19(20)15-9-13(22(25)26)4-6-17(15)24-21/h4-7,9-12,19-21,24H,2-3,8H2,1H3,(H,25,26)/p-1/t11-,12+,19+,20+,21-/m1/s1. The Kier molecular flexibility index (Phi) is 3.97. The summed E-state index contributed by atoms with van der Waals surface area (Å²) < 4.78 is 6.71. The Morgan fingerprint density at radius 1 is 1.15 bits per heavy atom. The summed E-state index contributed by atoms with van der Waals surface area (Å²) in [5.74, 6) is 1.95. The maximum Gasteiger partial charge on any atom is 0.124 e. The number of carboxylic acids is 1. The molecular formula is C22H21BrNO3-. The van der Waals surface area contributed by atoms with Crippen molar-refractivity contribution in [1.82, 2.24) is 0 Å². The van der Waals surface area contributed by atoms with Gasteiger partial charge >= 0.3 is 0 Å². The number of carbonyl (C=O) groups excluding carboxylic acids is 1. The molecule has 0 radical (unpaired) electrons. The van der Waals surface area contributed by atoms with Crippen molar-refractivity contribution >= 4 is 27.6 Å². The van der Waals surface area contributed by atoms with E-state index < -0.39 is 5.97 Å². The van der Waals surface area contributed by atoms with Gasteiger partial charge in [-0.25, -0.2) is 0 Å². The number of halogens is 1. The van der Waals surface area contributed by atoms with Gasteiger partial charge in [0.2, 0.25) is 0 Å². The highest BCUT2D eigenvalue weighted by atomic mass is 79.9. The zero-order valence-electron chi connectivity index (χ0n) is 15.1. The molecule has 27 heavy (non-hydrogen) atoms. The maximum atomic E-state index is 11.4. The summed E-state index contributed by atoms with van der Waals surface area (Å²) in [6.07, 6.45) is 3.73. The van der Waals surface area contributed by atoms with Crippen LogP contribution in [0.2, 0.25) is 0 Å². The number of nitrogens with one attached hydrogen (secondary N) is 1. The third kappa shape index (κ3) is 2.59. The number of aromatic carboxylic acids is 1. The molecule has 0 aromatic heterocycles.